The first-order valence-electron chi connectivity index (χ1n) is 10.6. The van der Waals surface area contributed by atoms with Crippen molar-refractivity contribution in [1.82, 2.24) is 19.1 Å². The van der Waals surface area contributed by atoms with Gasteiger partial charge in [-0.1, -0.05) is 25.0 Å². The van der Waals surface area contributed by atoms with E-state index < -0.39 is 10.0 Å². The number of anilines is 1. The molecule has 8 nitrogen and oxygen atoms in total. The summed E-state index contributed by atoms with van der Waals surface area (Å²) < 4.78 is 28.9. The molecule has 0 atom stereocenters. The third kappa shape index (κ3) is 5.30. The van der Waals surface area contributed by atoms with E-state index in [4.69, 9.17) is 0 Å². The minimum absolute atomic E-state index is 0.282. The Morgan fingerprint density at radius 1 is 1.00 bits per heavy atom. The van der Waals surface area contributed by atoms with Crippen molar-refractivity contribution in [2.45, 2.75) is 30.6 Å². The Kier molecular flexibility index (Phi) is 6.77. The highest BCUT2D eigenvalue weighted by Gasteiger charge is 2.24. The number of nitrogens with zero attached hydrogens (tertiary/aromatic N) is 4. The van der Waals surface area contributed by atoms with Crippen LogP contribution in [0, 0.1) is 0 Å². The Labute approximate surface area is 187 Å². The molecule has 0 aliphatic carbocycles. The van der Waals surface area contributed by atoms with Crippen molar-refractivity contribution in [3.8, 4) is 5.82 Å². The van der Waals surface area contributed by atoms with E-state index in [9.17, 15) is 13.2 Å². The molecule has 1 amide bonds. The van der Waals surface area contributed by atoms with Crippen molar-refractivity contribution in [1.29, 1.82) is 0 Å². The molecule has 3 heterocycles. The number of aromatic nitrogens is 3. The molecule has 1 aromatic carbocycles. The molecule has 4 rings (SSSR count). The molecule has 0 radical (unpaired) electrons. The average molecular weight is 452 g/mol. The van der Waals surface area contributed by atoms with Crippen molar-refractivity contribution in [3.63, 3.8) is 0 Å². The van der Waals surface area contributed by atoms with Crippen LogP contribution in [0.3, 0.4) is 0 Å². The van der Waals surface area contributed by atoms with Crippen LogP contribution >= 0.6 is 0 Å². The normalized spacial score (nSPS) is 15.5. The number of carbonyl (C=O) groups is 1. The number of benzene rings is 1. The molecule has 3 aromatic rings. The summed E-state index contributed by atoms with van der Waals surface area (Å²) in [6.45, 7) is 1.14. The second kappa shape index (κ2) is 9.88. The number of hydrogen-bond acceptors (Lipinski definition) is 5. The van der Waals surface area contributed by atoms with E-state index in [0.29, 0.717) is 24.6 Å². The molecule has 0 bridgehead atoms. The fraction of sp³-hybridized carbons (Fsp3) is 0.261. The largest absolute Gasteiger partial charge is 0.321 e. The minimum atomic E-state index is -3.48. The zero-order valence-electron chi connectivity index (χ0n) is 17.6. The van der Waals surface area contributed by atoms with Crippen LogP contribution < -0.4 is 5.32 Å². The second-order valence-electron chi connectivity index (χ2n) is 7.57. The molecule has 166 valence electrons. The maximum absolute atomic E-state index is 12.9. The van der Waals surface area contributed by atoms with Crippen molar-refractivity contribution < 1.29 is 13.2 Å². The van der Waals surface area contributed by atoms with Crippen LogP contribution in [0.2, 0.25) is 0 Å². The maximum Gasteiger partial charge on any atom is 0.248 e. The van der Waals surface area contributed by atoms with Crippen LogP contribution in [0.15, 0.2) is 72.0 Å². The van der Waals surface area contributed by atoms with Gasteiger partial charge in [0.2, 0.25) is 15.9 Å². The number of rotatable bonds is 6. The van der Waals surface area contributed by atoms with Gasteiger partial charge in [0, 0.05) is 31.6 Å². The third-order valence-electron chi connectivity index (χ3n) is 5.26. The number of hydrogen-bond donors (Lipinski definition) is 1. The van der Waals surface area contributed by atoms with Gasteiger partial charge in [-0.15, -0.1) is 0 Å². The Morgan fingerprint density at radius 2 is 1.75 bits per heavy atom. The number of sulfonamides is 1. The first kappa shape index (κ1) is 21.9. The average Bonchev–Trinajstić information content (AvgIpc) is 3.20. The molecular formula is C23H25N5O3S. The van der Waals surface area contributed by atoms with Crippen molar-refractivity contribution in [3.05, 3.63) is 72.7 Å². The zero-order chi connectivity index (χ0) is 22.4. The van der Waals surface area contributed by atoms with Gasteiger partial charge in [-0.3, -0.25) is 4.79 Å². The van der Waals surface area contributed by atoms with Crippen LogP contribution in [0.5, 0.6) is 0 Å². The van der Waals surface area contributed by atoms with E-state index in [0.717, 1.165) is 31.2 Å². The summed E-state index contributed by atoms with van der Waals surface area (Å²) in [7, 11) is -3.48. The summed E-state index contributed by atoms with van der Waals surface area (Å²) in [6.07, 6.45) is 12.0. The van der Waals surface area contributed by atoms with Gasteiger partial charge >= 0.3 is 0 Å². The van der Waals surface area contributed by atoms with E-state index >= 15 is 0 Å². The Hall–Kier alpha value is -3.30. The highest BCUT2D eigenvalue weighted by atomic mass is 32.2. The van der Waals surface area contributed by atoms with Crippen molar-refractivity contribution >= 4 is 27.7 Å². The molecule has 1 aliphatic heterocycles. The standard InChI is InChI=1S/C23H25N5O3S/c29-23(26-20-9-12-22(24-18-20)28-17-5-14-25-28)13-8-19-6-10-21(11-7-19)32(30,31)27-15-3-1-2-4-16-27/h5-14,17-18H,1-4,15-16H2,(H,26,29)/b13-8+. The summed E-state index contributed by atoms with van der Waals surface area (Å²) in [6, 6.07) is 11.9. The van der Waals surface area contributed by atoms with Gasteiger partial charge in [0.25, 0.3) is 0 Å². The summed E-state index contributed by atoms with van der Waals surface area (Å²) in [5, 5.41) is 6.86. The van der Waals surface area contributed by atoms with E-state index in [1.165, 1.54) is 6.08 Å². The molecule has 2 aromatic heterocycles. The molecule has 0 saturated carbocycles. The Balaban J connectivity index is 1.36. The number of pyridine rings is 1. The molecule has 1 fully saturated rings. The SMILES string of the molecule is O=C(/C=C/c1ccc(S(=O)(=O)N2CCCCCC2)cc1)Nc1ccc(-n2cccn2)nc1. The number of nitrogens with one attached hydrogen (secondary N) is 1. The first-order valence-corrected chi connectivity index (χ1v) is 12.0. The van der Waals surface area contributed by atoms with Gasteiger partial charge in [0.15, 0.2) is 5.82 Å². The Morgan fingerprint density at radius 3 is 2.38 bits per heavy atom. The molecule has 32 heavy (non-hydrogen) atoms. The topological polar surface area (TPSA) is 97.2 Å². The lowest BCUT2D eigenvalue weighted by molar-refractivity contribution is -0.111. The maximum atomic E-state index is 12.9. The molecule has 1 N–H and O–H groups in total. The van der Waals surface area contributed by atoms with E-state index in [1.54, 1.807) is 76.1 Å². The zero-order valence-corrected chi connectivity index (χ0v) is 18.4. The van der Waals surface area contributed by atoms with Gasteiger partial charge < -0.3 is 5.32 Å². The van der Waals surface area contributed by atoms with Gasteiger partial charge in [-0.2, -0.15) is 9.40 Å². The predicted molar refractivity (Wildman–Crippen MR) is 123 cm³/mol. The second-order valence-corrected chi connectivity index (χ2v) is 9.50. The fourth-order valence-corrected chi connectivity index (χ4v) is 5.05. The lowest BCUT2D eigenvalue weighted by Gasteiger charge is -2.19. The van der Waals surface area contributed by atoms with Crippen LogP contribution in [0.25, 0.3) is 11.9 Å². The summed E-state index contributed by atoms with van der Waals surface area (Å²) in [5.74, 6) is 0.346. The highest BCUT2D eigenvalue weighted by Crippen LogP contribution is 2.21. The van der Waals surface area contributed by atoms with Crippen LogP contribution in [-0.4, -0.2) is 46.5 Å². The van der Waals surface area contributed by atoms with E-state index in [2.05, 4.69) is 15.4 Å². The first-order chi connectivity index (χ1) is 15.5. The minimum Gasteiger partial charge on any atom is -0.321 e. The molecule has 0 spiro atoms. The van der Waals surface area contributed by atoms with Crippen LogP contribution in [-0.2, 0) is 14.8 Å². The monoisotopic (exact) mass is 451 g/mol. The van der Waals surface area contributed by atoms with E-state index in [1.807, 2.05) is 0 Å². The Bertz CT molecular complexity index is 1160. The number of carbonyl (C=O) groups excluding carboxylic acids is 1. The van der Waals surface area contributed by atoms with Gasteiger partial charge in [-0.25, -0.2) is 18.1 Å². The van der Waals surface area contributed by atoms with Crippen LogP contribution in [0.4, 0.5) is 5.69 Å². The van der Waals surface area contributed by atoms with Gasteiger partial charge in [0.05, 0.1) is 16.8 Å². The van der Waals surface area contributed by atoms with Crippen molar-refractivity contribution in [2.75, 3.05) is 18.4 Å². The third-order valence-corrected chi connectivity index (χ3v) is 7.18. The van der Waals surface area contributed by atoms with Gasteiger partial charge in [0.1, 0.15) is 0 Å². The highest BCUT2D eigenvalue weighted by molar-refractivity contribution is 7.89. The molecule has 1 aliphatic rings. The summed E-state index contributed by atoms with van der Waals surface area (Å²) >= 11 is 0. The number of amides is 1. The summed E-state index contributed by atoms with van der Waals surface area (Å²) in [4.78, 5) is 16.8. The molecule has 9 heteroatoms. The van der Waals surface area contributed by atoms with Gasteiger partial charge in [-0.05, 0) is 54.8 Å². The van der Waals surface area contributed by atoms with Crippen molar-refractivity contribution in [2.24, 2.45) is 0 Å². The fourth-order valence-electron chi connectivity index (χ4n) is 3.54. The summed E-state index contributed by atoms with van der Waals surface area (Å²) in [5.41, 5.74) is 1.30. The quantitative estimate of drug-likeness (QED) is 0.579. The lowest BCUT2D eigenvalue weighted by Crippen LogP contribution is -2.31. The molecule has 0 unspecified atom stereocenters. The lowest BCUT2D eigenvalue weighted by atomic mass is 10.2. The molecular weight excluding hydrogens is 426 g/mol. The van der Waals surface area contributed by atoms with E-state index in [-0.39, 0.29) is 10.8 Å². The van der Waals surface area contributed by atoms with Crippen LogP contribution in [0.1, 0.15) is 31.2 Å². The molecule has 1 saturated heterocycles. The predicted octanol–water partition coefficient (Wildman–Crippen LogP) is 3.48. The smallest absolute Gasteiger partial charge is 0.248 e.